The van der Waals surface area contributed by atoms with E-state index in [1.165, 1.54) is 0 Å². The summed E-state index contributed by atoms with van der Waals surface area (Å²) in [4.78, 5) is 0. The first-order valence-electron chi connectivity index (χ1n) is 6.26. The number of nitrogens with zero attached hydrogens (tertiary/aromatic N) is 1. The predicted octanol–water partition coefficient (Wildman–Crippen LogP) is 3.57. The molecule has 18 heavy (non-hydrogen) atoms. The average molecular weight is 307 g/mol. The van der Waals surface area contributed by atoms with Crippen LogP contribution in [0.5, 0.6) is 0 Å². The van der Waals surface area contributed by atoms with Crippen molar-refractivity contribution in [1.82, 2.24) is 10.5 Å². The van der Waals surface area contributed by atoms with E-state index >= 15 is 0 Å². The van der Waals surface area contributed by atoms with Crippen molar-refractivity contribution >= 4 is 15.9 Å². The van der Waals surface area contributed by atoms with Crippen LogP contribution in [0.1, 0.15) is 24.5 Å². The summed E-state index contributed by atoms with van der Waals surface area (Å²) in [5.74, 6) is 1.51. The van der Waals surface area contributed by atoms with Crippen LogP contribution in [-0.4, -0.2) is 18.2 Å². The topological polar surface area (TPSA) is 38.1 Å². The van der Waals surface area contributed by atoms with E-state index in [1.54, 1.807) is 0 Å². The summed E-state index contributed by atoms with van der Waals surface area (Å²) in [6.45, 7) is 2.11. The Morgan fingerprint density at radius 2 is 1.94 bits per heavy atom. The molecule has 0 radical (unpaired) electrons. The van der Waals surface area contributed by atoms with Gasteiger partial charge in [0, 0.05) is 21.5 Å². The fraction of sp³-hybridized carbons (Fsp3) is 0.357. The first kappa shape index (κ1) is 11.9. The lowest BCUT2D eigenvalue weighted by molar-refractivity contribution is 0.328. The van der Waals surface area contributed by atoms with Gasteiger partial charge in [-0.15, -0.1) is 0 Å². The summed E-state index contributed by atoms with van der Waals surface area (Å²) in [6.07, 6.45) is 4.07. The Labute approximate surface area is 115 Å². The average Bonchev–Trinajstić information content (AvgIpc) is 2.89. The Hall–Kier alpha value is -1.13. The molecule has 2 aromatic rings. The van der Waals surface area contributed by atoms with Crippen molar-refractivity contribution in [3.05, 3.63) is 40.7 Å². The van der Waals surface area contributed by atoms with E-state index in [2.05, 4.69) is 38.5 Å². The highest BCUT2D eigenvalue weighted by atomic mass is 79.9. The monoisotopic (exact) mass is 306 g/mol. The van der Waals surface area contributed by atoms with Crippen LogP contribution in [0.3, 0.4) is 0 Å². The molecule has 1 saturated heterocycles. The third-order valence-corrected chi connectivity index (χ3v) is 4.16. The normalized spacial score (nSPS) is 16.9. The van der Waals surface area contributed by atoms with Crippen LogP contribution in [0, 0.1) is 0 Å². The molecule has 0 atom stereocenters. The van der Waals surface area contributed by atoms with Crippen molar-refractivity contribution in [1.29, 1.82) is 0 Å². The molecule has 0 saturated carbocycles. The minimum atomic E-state index is 0.482. The van der Waals surface area contributed by atoms with Gasteiger partial charge in [-0.2, -0.15) is 0 Å². The Kier molecular flexibility index (Phi) is 3.48. The molecule has 0 unspecified atom stereocenters. The molecule has 1 fully saturated rings. The van der Waals surface area contributed by atoms with Crippen LogP contribution in [-0.2, 0) is 0 Å². The van der Waals surface area contributed by atoms with Crippen LogP contribution in [0.15, 0.2) is 39.5 Å². The highest BCUT2D eigenvalue weighted by molar-refractivity contribution is 9.10. The summed E-state index contributed by atoms with van der Waals surface area (Å²) in [6, 6.07) is 8.21. The summed E-state index contributed by atoms with van der Waals surface area (Å²) >= 11 is 3.59. The Balaban J connectivity index is 1.98. The lowest BCUT2D eigenvalue weighted by Crippen LogP contribution is -2.26. The van der Waals surface area contributed by atoms with Crippen molar-refractivity contribution in [3.63, 3.8) is 0 Å². The maximum absolute atomic E-state index is 5.51. The van der Waals surface area contributed by atoms with Gasteiger partial charge in [-0.1, -0.05) is 39.3 Å². The molecular formula is C14H15BrN2O. The molecule has 1 aliphatic rings. The summed E-state index contributed by atoms with van der Waals surface area (Å²) in [5.41, 5.74) is 2.28. The second-order valence-corrected chi connectivity index (χ2v) is 5.46. The van der Waals surface area contributed by atoms with Crippen LogP contribution >= 0.6 is 15.9 Å². The molecular weight excluding hydrogens is 292 g/mol. The zero-order valence-corrected chi connectivity index (χ0v) is 11.6. The zero-order chi connectivity index (χ0) is 12.4. The van der Waals surface area contributed by atoms with Crippen molar-refractivity contribution in [2.45, 2.75) is 18.8 Å². The molecule has 3 nitrogen and oxygen atoms in total. The third kappa shape index (κ3) is 2.22. The number of hydrogen-bond acceptors (Lipinski definition) is 3. The number of halogens is 1. The number of benzene rings is 1. The zero-order valence-electron chi connectivity index (χ0n) is 10.0. The second-order valence-electron chi connectivity index (χ2n) is 4.61. The van der Waals surface area contributed by atoms with Gasteiger partial charge in [0.25, 0.3) is 0 Å². The number of piperidine rings is 1. The van der Waals surface area contributed by atoms with Gasteiger partial charge >= 0.3 is 0 Å². The smallest absolute Gasteiger partial charge is 0.147 e. The predicted molar refractivity (Wildman–Crippen MR) is 74.5 cm³/mol. The molecule has 3 rings (SSSR count). The quantitative estimate of drug-likeness (QED) is 0.921. The van der Waals surface area contributed by atoms with Crippen molar-refractivity contribution in [3.8, 4) is 11.1 Å². The van der Waals surface area contributed by atoms with Crippen LogP contribution in [0.25, 0.3) is 11.1 Å². The minimum absolute atomic E-state index is 0.482. The van der Waals surface area contributed by atoms with Crippen molar-refractivity contribution in [2.24, 2.45) is 0 Å². The SMILES string of the molecule is Brc1ccccc1-c1cnoc1C1CCNCC1. The molecule has 1 N–H and O–H groups in total. The van der Waals surface area contributed by atoms with E-state index in [-0.39, 0.29) is 0 Å². The molecule has 2 heterocycles. The first-order chi connectivity index (χ1) is 8.86. The molecule has 94 valence electrons. The van der Waals surface area contributed by atoms with Gasteiger partial charge < -0.3 is 9.84 Å². The maximum Gasteiger partial charge on any atom is 0.147 e. The fourth-order valence-corrected chi connectivity index (χ4v) is 3.01. The lowest BCUT2D eigenvalue weighted by Gasteiger charge is -2.21. The standard InChI is InChI=1S/C14H15BrN2O/c15-13-4-2-1-3-11(13)12-9-17-18-14(12)10-5-7-16-8-6-10/h1-4,9-10,16H,5-8H2. The van der Waals surface area contributed by atoms with Crippen LogP contribution in [0.4, 0.5) is 0 Å². The van der Waals surface area contributed by atoms with E-state index in [4.69, 9.17) is 4.52 Å². The Morgan fingerprint density at radius 3 is 2.72 bits per heavy atom. The number of hydrogen-bond donors (Lipinski definition) is 1. The van der Waals surface area contributed by atoms with Crippen LogP contribution < -0.4 is 5.32 Å². The van der Waals surface area contributed by atoms with Gasteiger partial charge in [0.15, 0.2) is 0 Å². The van der Waals surface area contributed by atoms with Crippen molar-refractivity contribution < 1.29 is 4.52 Å². The Bertz CT molecular complexity index is 532. The van der Waals surface area contributed by atoms with E-state index in [1.807, 2.05) is 18.3 Å². The maximum atomic E-state index is 5.51. The number of aromatic nitrogens is 1. The van der Waals surface area contributed by atoms with Gasteiger partial charge in [0.2, 0.25) is 0 Å². The van der Waals surface area contributed by atoms with E-state index in [9.17, 15) is 0 Å². The van der Waals surface area contributed by atoms with Gasteiger partial charge in [0.1, 0.15) is 5.76 Å². The van der Waals surface area contributed by atoms with Crippen LogP contribution in [0.2, 0.25) is 0 Å². The van der Waals surface area contributed by atoms with E-state index < -0.39 is 0 Å². The molecule has 4 heteroatoms. The molecule has 0 aliphatic carbocycles. The largest absolute Gasteiger partial charge is 0.360 e. The summed E-state index contributed by atoms with van der Waals surface area (Å²) in [5, 5.41) is 7.37. The Morgan fingerprint density at radius 1 is 1.17 bits per heavy atom. The highest BCUT2D eigenvalue weighted by Crippen LogP contribution is 2.36. The second kappa shape index (κ2) is 5.24. The van der Waals surface area contributed by atoms with Gasteiger partial charge in [-0.25, -0.2) is 0 Å². The van der Waals surface area contributed by atoms with E-state index in [0.29, 0.717) is 5.92 Å². The molecule has 1 aromatic heterocycles. The number of rotatable bonds is 2. The summed E-state index contributed by atoms with van der Waals surface area (Å²) in [7, 11) is 0. The molecule has 1 aromatic carbocycles. The molecule has 0 spiro atoms. The lowest BCUT2D eigenvalue weighted by atomic mass is 9.91. The highest BCUT2D eigenvalue weighted by Gasteiger charge is 2.23. The van der Waals surface area contributed by atoms with Crippen molar-refractivity contribution in [2.75, 3.05) is 13.1 Å². The molecule has 0 bridgehead atoms. The van der Waals surface area contributed by atoms with Gasteiger partial charge in [-0.05, 0) is 32.0 Å². The third-order valence-electron chi connectivity index (χ3n) is 3.47. The molecule has 1 aliphatic heterocycles. The van der Waals surface area contributed by atoms with Gasteiger partial charge in [0.05, 0.1) is 6.20 Å². The fourth-order valence-electron chi connectivity index (χ4n) is 2.51. The molecule has 0 amide bonds. The first-order valence-corrected chi connectivity index (χ1v) is 7.06. The summed E-state index contributed by atoms with van der Waals surface area (Å²) < 4.78 is 6.60. The van der Waals surface area contributed by atoms with Gasteiger partial charge in [-0.3, -0.25) is 0 Å². The van der Waals surface area contributed by atoms with E-state index in [0.717, 1.165) is 47.3 Å². The minimum Gasteiger partial charge on any atom is -0.360 e. The number of nitrogens with one attached hydrogen (secondary N) is 1.